The second-order valence-electron chi connectivity index (χ2n) is 5.35. The van der Waals surface area contributed by atoms with Gasteiger partial charge in [0, 0.05) is 16.8 Å². The molecular weight excluding hydrogens is 276 g/mol. The van der Waals surface area contributed by atoms with E-state index in [9.17, 15) is 5.11 Å². The first-order valence-electron chi connectivity index (χ1n) is 7.72. The van der Waals surface area contributed by atoms with E-state index >= 15 is 0 Å². The molecule has 112 valence electrons. The molecule has 0 radical (unpaired) electrons. The molecule has 0 heterocycles. The molecule has 2 rings (SSSR count). The Morgan fingerprint density at radius 2 is 1.57 bits per heavy atom. The van der Waals surface area contributed by atoms with E-state index in [0.717, 1.165) is 6.42 Å². The van der Waals surface area contributed by atoms with Gasteiger partial charge in [0.1, 0.15) is 0 Å². The first-order chi connectivity index (χ1) is 10.3. The Balaban J connectivity index is 2.21. The molecule has 1 nitrogen and oxygen atoms in total. The van der Waals surface area contributed by atoms with Gasteiger partial charge in [-0.2, -0.15) is 0 Å². The van der Waals surface area contributed by atoms with Gasteiger partial charge in [0.15, 0.2) is 0 Å². The van der Waals surface area contributed by atoms with Gasteiger partial charge in [0.25, 0.3) is 0 Å². The highest BCUT2D eigenvalue weighted by molar-refractivity contribution is 7.99. The predicted molar refractivity (Wildman–Crippen MR) is 91.6 cm³/mol. The molecule has 0 aliphatic rings. The van der Waals surface area contributed by atoms with E-state index < -0.39 is 0 Å². The number of thioether (sulfide) groups is 1. The Morgan fingerprint density at radius 1 is 0.952 bits per heavy atom. The zero-order valence-corrected chi connectivity index (χ0v) is 13.4. The highest BCUT2D eigenvalue weighted by Gasteiger charge is 2.23. The first kappa shape index (κ1) is 16.1. The van der Waals surface area contributed by atoms with Gasteiger partial charge in [0.2, 0.25) is 0 Å². The van der Waals surface area contributed by atoms with Crippen molar-refractivity contribution >= 4 is 11.8 Å². The zero-order chi connectivity index (χ0) is 14.9. The molecule has 0 saturated carbocycles. The second kappa shape index (κ2) is 8.91. The van der Waals surface area contributed by atoms with E-state index in [1.807, 2.05) is 23.9 Å². The fourth-order valence-corrected chi connectivity index (χ4v) is 3.84. The van der Waals surface area contributed by atoms with Crippen molar-refractivity contribution < 1.29 is 5.11 Å². The van der Waals surface area contributed by atoms with E-state index in [1.54, 1.807) is 0 Å². The van der Waals surface area contributed by atoms with Crippen molar-refractivity contribution in [3.8, 4) is 0 Å². The average molecular weight is 300 g/mol. The SMILES string of the molecule is CCCC[C@H](CO)C(Sc1ccccc1)c1ccccc1. The summed E-state index contributed by atoms with van der Waals surface area (Å²) in [6.45, 7) is 2.45. The lowest BCUT2D eigenvalue weighted by Crippen LogP contribution is -2.14. The lowest BCUT2D eigenvalue weighted by Gasteiger charge is -2.26. The van der Waals surface area contributed by atoms with Crippen LogP contribution in [-0.4, -0.2) is 11.7 Å². The summed E-state index contributed by atoms with van der Waals surface area (Å²) in [7, 11) is 0. The predicted octanol–water partition coefficient (Wildman–Crippen LogP) is 5.32. The maximum Gasteiger partial charge on any atom is 0.0473 e. The highest BCUT2D eigenvalue weighted by Crippen LogP contribution is 2.42. The summed E-state index contributed by atoms with van der Waals surface area (Å²) < 4.78 is 0. The van der Waals surface area contributed by atoms with Gasteiger partial charge >= 0.3 is 0 Å². The summed E-state index contributed by atoms with van der Waals surface area (Å²) in [5, 5.41) is 10.2. The minimum Gasteiger partial charge on any atom is -0.396 e. The molecule has 0 spiro atoms. The number of benzene rings is 2. The van der Waals surface area contributed by atoms with Crippen LogP contribution in [0.15, 0.2) is 65.6 Å². The topological polar surface area (TPSA) is 20.2 Å². The molecule has 0 saturated heterocycles. The third kappa shape index (κ3) is 4.90. The molecule has 2 aromatic carbocycles. The van der Waals surface area contributed by atoms with E-state index in [-0.39, 0.29) is 6.61 Å². The molecular formula is C19H24OS. The minimum absolute atomic E-state index is 0.249. The molecule has 2 heteroatoms. The van der Waals surface area contributed by atoms with Crippen LogP contribution in [0.3, 0.4) is 0 Å². The number of aliphatic hydroxyl groups is 1. The van der Waals surface area contributed by atoms with Crippen molar-refractivity contribution in [1.29, 1.82) is 0 Å². The molecule has 0 aromatic heterocycles. The van der Waals surface area contributed by atoms with Gasteiger partial charge in [0.05, 0.1) is 0 Å². The number of unbranched alkanes of at least 4 members (excludes halogenated alkanes) is 1. The highest BCUT2D eigenvalue weighted by atomic mass is 32.2. The fraction of sp³-hybridized carbons (Fsp3) is 0.368. The maximum absolute atomic E-state index is 9.85. The molecule has 0 fully saturated rings. The quantitative estimate of drug-likeness (QED) is 0.666. The van der Waals surface area contributed by atoms with Crippen molar-refractivity contribution in [3.05, 3.63) is 66.2 Å². The summed E-state index contributed by atoms with van der Waals surface area (Å²) in [6.07, 6.45) is 3.42. The van der Waals surface area contributed by atoms with Crippen LogP contribution in [0.2, 0.25) is 0 Å². The molecule has 0 aliphatic heterocycles. The van der Waals surface area contributed by atoms with Gasteiger partial charge < -0.3 is 5.11 Å². The Morgan fingerprint density at radius 3 is 2.14 bits per heavy atom. The molecule has 1 N–H and O–H groups in total. The standard InChI is InChI=1S/C19H24OS/c1-2-3-10-17(15-20)19(16-11-6-4-7-12-16)21-18-13-8-5-9-14-18/h4-9,11-14,17,19-20H,2-3,10,15H2,1H3/t17-,19?/m1/s1. The molecule has 0 amide bonds. The number of rotatable bonds is 8. The van der Waals surface area contributed by atoms with Crippen LogP contribution in [0.5, 0.6) is 0 Å². The van der Waals surface area contributed by atoms with Crippen molar-refractivity contribution in [2.75, 3.05) is 6.61 Å². The molecule has 0 bridgehead atoms. The largest absolute Gasteiger partial charge is 0.396 e. The summed E-state index contributed by atoms with van der Waals surface area (Å²) in [4.78, 5) is 1.27. The molecule has 0 aliphatic carbocycles. The number of aliphatic hydroxyl groups excluding tert-OH is 1. The average Bonchev–Trinajstić information content (AvgIpc) is 2.56. The zero-order valence-electron chi connectivity index (χ0n) is 12.6. The van der Waals surface area contributed by atoms with Gasteiger partial charge in [-0.05, 0) is 30.0 Å². The van der Waals surface area contributed by atoms with E-state index in [2.05, 4.69) is 55.5 Å². The Kier molecular flexibility index (Phi) is 6.84. The molecule has 1 unspecified atom stereocenters. The second-order valence-corrected chi connectivity index (χ2v) is 6.56. The van der Waals surface area contributed by atoms with Crippen molar-refractivity contribution in [2.45, 2.75) is 36.3 Å². The van der Waals surface area contributed by atoms with Crippen LogP contribution >= 0.6 is 11.8 Å². The third-order valence-corrected chi connectivity index (χ3v) is 5.18. The van der Waals surface area contributed by atoms with E-state index in [1.165, 1.54) is 23.3 Å². The van der Waals surface area contributed by atoms with Crippen LogP contribution in [0.4, 0.5) is 0 Å². The van der Waals surface area contributed by atoms with Crippen LogP contribution in [0.25, 0.3) is 0 Å². The van der Waals surface area contributed by atoms with E-state index in [4.69, 9.17) is 0 Å². The van der Waals surface area contributed by atoms with Gasteiger partial charge in [-0.15, -0.1) is 11.8 Å². The van der Waals surface area contributed by atoms with E-state index in [0.29, 0.717) is 11.2 Å². The fourth-order valence-electron chi connectivity index (χ4n) is 2.53. The Hall–Kier alpha value is -1.25. The van der Waals surface area contributed by atoms with Crippen LogP contribution in [0, 0.1) is 5.92 Å². The minimum atomic E-state index is 0.249. The third-order valence-electron chi connectivity index (χ3n) is 3.73. The Labute approximate surface area is 132 Å². The lowest BCUT2D eigenvalue weighted by molar-refractivity contribution is 0.213. The van der Waals surface area contributed by atoms with Crippen molar-refractivity contribution in [2.24, 2.45) is 5.92 Å². The monoisotopic (exact) mass is 300 g/mol. The van der Waals surface area contributed by atoms with Gasteiger partial charge in [-0.1, -0.05) is 68.3 Å². The Bertz CT molecular complexity index is 497. The van der Waals surface area contributed by atoms with Crippen LogP contribution in [-0.2, 0) is 0 Å². The molecule has 2 atom stereocenters. The van der Waals surface area contributed by atoms with Crippen LogP contribution < -0.4 is 0 Å². The first-order valence-corrected chi connectivity index (χ1v) is 8.60. The lowest BCUT2D eigenvalue weighted by atomic mass is 9.94. The summed E-state index contributed by atoms with van der Waals surface area (Å²) in [6, 6.07) is 21.1. The van der Waals surface area contributed by atoms with Crippen molar-refractivity contribution in [1.82, 2.24) is 0 Å². The molecule has 21 heavy (non-hydrogen) atoms. The molecule has 2 aromatic rings. The van der Waals surface area contributed by atoms with Crippen LogP contribution in [0.1, 0.15) is 37.0 Å². The van der Waals surface area contributed by atoms with Gasteiger partial charge in [-0.25, -0.2) is 0 Å². The summed E-state index contributed by atoms with van der Waals surface area (Å²) in [5.41, 5.74) is 1.31. The van der Waals surface area contributed by atoms with Crippen molar-refractivity contribution in [3.63, 3.8) is 0 Å². The van der Waals surface area contributed by atoms with Gasteiger partial charge in [-0.3, -0.25) is 0 Å². The number of hydrogen-bond donors (Lipinski definition) is 1. The maximum atomic E-state index is 9.85. The normalized spacial score (nSPS) is 13.8. The summed E-state index contributed by atoms with van der Waals surface area (Å²) in [5.74, 6) is 0.303. The summed E-state index contributed by atoms with van der Waals surface area (Å²) >= 11 is 1.86. The smallest absolute Gasteiger partial charge is 0.0473 e. The number of hydrogen-bond acceptors (Lipinski definition) is 2.